The van der Waals surface area contributed by atoms with E-state index < -0.39 is 6.04 Å². The second-order valence-corrected chi connectivity index (χ2v) is 8.25. The summed E-state index contributed by atoms with van der Waals surface area (Å²) in [5.41, 5.74) is 0.526. The summed E-state index contributed by atoms with van der Waals surface area (Å²) in [4.78, 5) is 30.5. The highest BCUT2D eigenvalue weighted by atomic mass is 35.5. The molecule has 2 aliphatic rings. The van der Waals surface area contributed by atoms with Crippen LogP contribution in [0.4, 0.5) is 0 Å². The Morgan fingerprint density at radius 1 is 1.19 bits per heavy atom. The number of halogens is 1. The zero-order chi connectivity index (χ0) is 19.4. The molecule has 3 atom stereocenters. The van der Waals surface area contributed by atoms with Gasteiger partial charge in [-0.15, -0.1) is 0 Å². The monoisotopic (exact) mass is 391 g/mol. The quantitative estimate of drug-likeness (QED) is 0.838. The Kier molecular flexibility index (Phi) is 6.77. The molecule has 2 saturated heterocycles. The van der Waals surface area contributed by atoms with Crippen molar-refractivity contribution in [2.75, 3.05) is 26.2 Å². The maximum absolute atomic E-state index is 13.3. The number of rotatable bonds is 5. The first-order valence-electron chi connectivity index (χ1n) is 10.1. The van der Waals surface area contributed by atoms with Crippen LogP contribution < -0.4 is 5.32 Å². The molecule has 2 heterocycles. The van der Waals surface area contributed by atoms with E-state index in [1.807, 2.05) is 11.8 Å². The SMILES string of the molecule is CC[C@H](C)[C@@H](NC(=O)c1ccc(Cl)cc1)C(=O)N1CCCN2CCC[C@@H]2C1. The number of nitrogens with one attached hydrogen (secondary N) is 1. The summed E-state index contributed by atoms with van der Waals surface area (Å²) in [5.74, 6) is -0.0836. The zero-order valence-corrected chi connectivity index (χ0v) is 17.0. The van der Waals surface area contributed by atoms with Crippen LogP contribution in [0.15, 0.2) is 24.3 Å². The van der Waals surface area contributed by atoms with Crippen LogP contribution in [0.1, 0.15) is 49.9 Å². The Labute approximate surface area is 167 Å². The molecular formula is C21H30ClN3O2. The molecule has 1 aromatic rings. The molecule has 6 heteroatoms. The number of nitrogens with zero attached hydrogens (tertiary/aromatic N) is 2. The van der Waals surface area contributed by atoms with Crippen molar-refractivity contribution in [3.8, 4) is 0 Å². The van der Waals surface area contributed by atoms with Gasteiger partial charge >= 0.3 is 0 Å². The van der Waals surface area contributed by atoms with Crippen LogP contribution in [0, 0.1) is 5.92 Å². The maximum Gasteiger partial charge on any atom is 0.251 e. The van der Waals surface area contributed by atoms with Gasteiger partial charge in [0.05, 0.1) is 0 Å². The molecule has 2 fully saturated rings. The number of fused-ring (bicyclic) bond motifs is 1. The summed E-state index contributed by atoms with van der Waals surface area (Å²) in [6.07, 6.45) is 4.21. The fraction of sp³-hybridized carbons (Fsp3) is 0.619. The van der Waals surface area contributed by atoms with E-state index >= 15 is 0 Å². The molecule has 1 aromatic carbocycles. The number of carbonyl (C=O) groups is 2. The van der Waals surface area contributed by atoms with Crippen LogP contribution in [0.5, 0.6) is 0 Å². The third-order valence-electron chi connectivity index (χ3n) is 5.99. The number of hydrogen-bond acceptors (Lipinski definition) is 3. The van der Waals surface area contributed by atoms with Gasteiger partial charge in [-0.05, 0) is 56.0 Å². The van der Waals surface area contributed by atoms with Crippen molar-refractivity contribution in [3.05, 3.63) is 34.9 Å². The average Bonchev–Trinajstić information content (AvgIpc) is 3.02. The molecule has 5 nitrogen and oxygen atoms in total. The van der Waals surface area contributed by atoms with Gasteiger partial charge in [0.15, 0.2) is 0 Å². The minimum absolute atomic E-state index is 0.0559. The van der Waals surface area contributed by atoms with E-state index in [-0.39, 0.29) is 17.7 Å². The maximum atomic E-state index is 13.3. The predicted octanol–water partition coefficient (Wildman–Crippen LogP) is 3.18. The Morgan fingerprint density at radius 2 is 1.89 bits per heavy atom. The predicted molar refractivity (Wildman–Crippen MR) is 108 cm³/mol. The lowest BCUT2D eigenvalue weighted by atomic mass is 9.97. The van der Waals surface area contributed by atoms with Crippen LogP contribution in [0.2, 0.25) is 5.02 Å². The molecule has 0 saturated carbocycles. The summed E-state index contributed by atoms with van der Waals surface area (Å²) >= 11 is 5.91. The van der Waals surface area contributed by atoms with Crippen molar-refractivity contribution >= 4 is 23.4 Å². The molecule has 0 radical (unpaired) electrons. The lowest BCUT2D eigenvalue weighted by Gasteiger charge is -2.31. The van der Waals surface area contributed by atoms with E-state index in [1.54, 1.807) is 24.3 Å². The van der Waals surface area contributed by atoms with Crippen LogP contribution in [0.3, 0.4) is 0 Å². The third-order valence-corrected chi connectivity index (χ3v) is 6.24. The van der Waals surface area contributed by atoms with E-state index in [9.17, 15) is 9.59 Å². The largest absolute Gasteiger partial charge is 0.340 e. The van der Waals surface area contributed by atoms with Crippen molar-refractivity contribution in [3.63, 3.8) is 0 Å². The molecule has 1 N–H and O–H groups in total. The van der Waals surface area contributed by atoms with Crippen LogP contribution in [-0.4, -0.2) is 59.9 Å². The van der Waals surface area contributed by atoms with E-state index in [0.717, 1.165) is 45.4 Å². The second-order valence-electron chi connectivity index (χ2n) is 7.81. The number of amides is 2. The third kappa shape index (κ3) is 4.82. The minimum atomic E-state index is -0.494. The van der Waals surface area contributed by atoms with Gasteiger partial charge in [-0.3, -0.25) is 14.5 Å². The molecule has 148 valence electrons. The molecule has 2 amide bonds. The van der Waals surface area contributed by atoms with Gasteiger partial charge in [-0.2, -0.15) is 0 Å². The highest BCUT2D eigenvalue weighted by Gasteiger charge is 2.35. The van der Waals surface area contributed by atoms with E-state index in [1.165, 1.54) is 6.42 Å². The molecule has 2 aliphatic heterocycles. The Balaban J connectivity index is 1.72. The van der Waals surface area contributed by atoms with Crippen LogP contribution >= 0.6 is 11.6 Å². The van der Waals surface area contributed by atoms with E-state index in [2.05, 4.69) is 17.1 Å². The van der Waals surface area contributed by atoms with Gasteiger partial charge in [0.25, 0.3) is 5.91 Å². The normalized spacial score (nSPS) is 22.6. The summed E-state index contributed by atoms with van der Waals surface area (Å²) in [6.45, 7) is 7.86. The Bertz CT molecular complexity index is 664. The minimum Gasteiger partial charge on any atom is -0.340 e. The van der Waals surface area contributed by atoms with Gasteiger partial charge < -0.3 is 10.2 Å². The summed E-state index contributed by atoms with van der Waals surface area (Å²) in [5, 5.41) is 3.58. The van der Waals surface area contributed by atoms with Gasteiger partial charge in [-0.25, -0.2) is 0 Å². The van der Waals surface area contributed by atoms with Crippen molar-refractivity contribution in [1.82, 2.24) is 15.1 Å². The highest BCUT2D eigenvalue weighted by Crippen LogP contribution is 2.23. The zero-order valence-electron chi connectivity index (χ0n) is 16.3. The number of hydrogen-bond donors (Lipinski definition) is 1. The standard InChI is InChI=1S/C21H30ClN3O2/c1-3-15(2)19(23-20(26)16-7-9-17(22)10-8-16)21(27)25-13-5-12-24-11-4-6-18(24)14-25/h7-10,15,18-19H,3-6,11-14H2,1-2H3,(H,23,26)/t15-,18+,19+/m0/s1. The Hall–Kier alpha value is -1.59. The van der Waals surface area contributed by atoms with E-state index in [4.69, 9.17) is 11.6 Å². The van der Waals surface area contributed by atoms with Gasteiger partial charge in [0, 0.05) is 36.3 Å². The van der Waals surface area contributed by atoms with Gasteiger partial charge in [-0.1, -0.05) is 31.9 Å². The molecule has 0 aromatic heterocycles. The fourth-order valence-electron chi connectivity index (χ4n) is 4.11. The van der Waals surface area contributed by atoms with Crippen molar-refractivity contribution < 1.29 is 9.59 Å². The first-order chi connectivity index (χ1) is 13.0. The summed E-state index contributed by atoms with van der Waals surface area (Å²) in [7, 11) is 0. The molecule has 0 unspecified atom stereocenters. The molecule has 3 rings (SSSR count). The molecule has 0 spiro atoms. The molecule has 0 bridgehead atoms. The van der Waals surface area contributed by atoms with Crippen molar-refractivity contribution in [2.24, 2.45) is 5.92 Å². The molecule has 0 aliphatic carbocycles. The summed E-state index contributed by atoms with van der Waals surface area (Å²) < 4.78 is 0. The first kappa shape index (κ1) is 20.2. The molecule has 27 heavy (non-hydrogen) atoms. The van der Waals surface area contributed by atoms with Crippen LogP contribution in [-0.2, 0) is 4.79 Å². The van der Waals surface area contributed by atoms with Crippen molar-refractivity contribution in [2.45, 2.75) is 51.6 Å². The Morgan fingerprint density at radius 3 is 2.59 bits per heavy atom. The summed E-state index contributed by atoms with van der Waals surface area (Å²) in [6, 6.07) is 6.75. The van der Waals surface area contributed by atoms with Crippen molar-refractivity contribution in [1.29, 1.82) is 0 Å². The van der Waals surface area contributed by atoms with Gasteiger partial charge in [0.1, 0.15) is 6.04 Å². The fourth-order valence-corrected chi connectivity index (χ4v) is 4.24. The topological polar surface area (TPSA) is 52.7 Å². The lowest BCUT2D eigenvalue weighted by Crippen LogP contribution is -2.53. The highest BCUT2D eigenvalue weighted by molar-refractivity contribution is 6.30. The second kappa shape index (κ2) is 9.07. The average molecular weight is 392 g/mol. The van der Waals surface area contributed by atoms with Crippen LogP contribution in [0.25, 0.3) is 0 Å². The van der Waals surface area contributed by atoms with Gasteiger partial charge in [0.2, 0.25) is 5.91 Å². The smallest absolute Gasteiger partial charge is 0.251 e. The molecular weight excluding hydrogens is 362 g/mol. The number of carbonyl (C=O) groups excluding carboxylic acids is 2. The first-order valence-corrected chi connectivity index (χ1v) is 10.5. The van der Waals surface area contributed by atoms with E-state index in [0.29, 0.717) is 16.6 Å². The number of benzene rings is 1. The lowest BCUT2D eigenvalue weighted by molar-refractivity contribution is -0.134.